The number of halogens is 1. The highest BCUT2D eigenvalue weighted by Crippen LogP contribution is 2.26. The van der Waals surface area contributed by atoms with E-state index in [4.69, 9.17) is 0 Å². The maximum Gasteiger partial charge on any atom is 0.317 e. The average Bonchev–Trinajstić information content (AvgIpc) is 2.74. The Labute approximate surface area is 113 Å². The molecule has 1 aliphatic rings. The van der Waals surface area contributed by atoms with Crippen LogP contribution in [0.5, 0.6) is 0 Å². The molecule has 2 N–H and O–H groups in total. The average molecular weight is 322 g/mol. The molecule has 4 nitrogen and oxygen atoms in total. The summed E-state index contributed by atoms with van der Waals surface area (Å²) in [4.78, 5) is 13.3. The molecule has 0 aromatic rings. The van der Waals surface area contributed by atoms with Gasteiger partial charge in [-0.25, -0.2) is 4.79 Å². The third-order valence-corrected chi connectivity index (χ3v) is 7.65. The first-order valence-corrected chi connectivity index (χ1v) is 10.4. The van der Waals surface area contributed by atoms with Crippen molar-refractivity contribution in [2.45, 2.75) is 38.1 Å². The summed E-state index contributed by atoms with van der Waals surface area (Å²) in [6, 6.07) is 0.0617. The summed E-state index contributed by atoms with van der Waals surface area (Å²) in [6.07, 6.45) is 4.83. The Kier molecular flexibility index (Phi) is 7.14. The summed E-state index contributed by atoms with van der Waals surface area (Å²) in [5.41, 5.74) is 0.554. The molecule has 1 atom stereocenters. The molecule has 6 heteroatoms. The Balaban J connectivity index is 2.34. The van der Waals surface area contributed by atoms with E-state index in [0.29, 0.717) is 5.54 Å². The van der Waals surface area contributed by atoms with E-state index in [1.807, 2.05) is 4.90 Å². The van der Waals surface area contributed by atoms with Crippen LogP contribution in [0.25, 0.3) is 0 Å². The molecule has 1 saturated heterocycles. The van der Waals surface area contributed by atoms with Crippen molar-refractivity contribution in [1.82, 2.24) is 10.2 Å². The lowest BCUT2D eigenvalue weighted by molar-refractivity contribution is 0.216. The van der Waals surface area contributed by atoms with E-state index in [1.54, 1.807) is 0 Å². The number of carbonyl (C=O) groups is 1. The lowest BCUT2D eigenvalue weighted by atomic mass is 10.1. The molecule has 17 heavy (non-hydrogen) atoms. The number of hydrogen-bond donors (Lipinski definition) is 2. The predicted octanol–water partition coefficient (Wildman–Crippen LogP) is 1.88. The minimum atomic E-state index is -0.839. The fourth-order valence-corrected chi connectivity index (χ4v) is 4.66. The molecule has 1 radical (unpaired) electrons. The van der Waals surface area contributed by atoms with Crippen LogP contribution in [0.1, 0.15) is 32.6 Å². The summed E-state index contributed by atoms with van der Waals surface area (Å²) in [6.45, 7) is 4.60. The molecule has 1 rings (SSSR count). The number of aliphatic hydroxyl groups excluding tert-OH is 1. The highest BCUT2D eigenvalue weighted by Gasteiger charge is 2.24. The van der Waals surface area contributed by atoms with E-state index >= 15 is 0 Å². The summed E-state index contributed by atoms with van der Waals surface area (Å²) in [5, 5.41) is 12.1. The number of aliphatic hydroxyl groups is 1. The van der Waals surface area contributed by atoms with Gasteiger partial charge in [-0.1, -0.05) is 26.2 Å². The molecule has 2 amide bonds. The van der Waals surface area contributed by atoms with Gasteiger partial charge < -0.3 is 15.3 Å². The van der Waals surface area contributed by atoms with Gasteiger partial charge in [0.05, 0.1) is 0 Å². The molecule has 0 aromatic heterocycles. The normalized spacial score (nSPS) is 17.6. The molecule has 0 spiro atoms. The van der Waals surface area contributed by atoms with Crippen LogP contribution in [0.3, 0.4) is 0 Å². The zero-order valence-corrected chi connectivity index (χ0v) is 13.0. The van der Waals surface area contributed by atoms with Gasteiger partial charge in [-0.2, -0.15) is 0 Å². The largest absolute Gasteiger partial charge is 0.399 e. The van der Waals surface area contributed by atoms with E-state index in [9.17, 15) is 9.90 Å². The number of urea groups is 1. The van der Waals surface area contributed by atoms with Crippen LogP contribution in [-0.2, 0) is 0 Å². The molecule has 0 bridgehead atoms. The number of carbonyl (C=O) groups excluding carboxylic acids is 1. The van der Waals surface area contributed by atoms with E-state index in [2.05, 4.69) is 27.5 Å². The monoisotopic (exact) mass is 321 g/mol. The minimum Gasteiger partial charge on any atom is -0.399 e. The number of rotatable bonds is 8. The van der Waals surface area contributed by atoms with Gasteiger partial charge in [0.15, 0.2) is 7.42 Å². The molecule has 0 saturated carbocycles. The van der Waals surface area contributed by atoms with Gasteiger partial charge in [-0.05, 0) is 12.0 Å². The van der Waals surface area contributed by atoms with Crippen LogP contribution < -0.4 is 5.32 Å². The van der Waals surface area contributed by atoms with Gasteiger partial charge in [0.1, 0.15) is 0 Å². The van der Waals surface area contributed by atoms with Gasteiger partial charge in [0.25, 0.3) is 0 Å². The Morgan fingerprint density at radius 1 is 1.59 bits per heavy atom. The Bertz CT molecular complexity index is 244. The van der Waals surface area contributed by atoms with E-state index in [1.165, 1.54) is 12.8 Å². The number of unbranched alkanes of at least 4 members (excludes halogenated alkanes) is 1. The minimum absolute atomic E-state index is 0.0617. The molecule has 0 aromatic carbocycles. The van der Waals surface area contributed by atoms with Crippen molar-refractivity contribution >= 4 is 28.7 Å². The maximum absolute atomic E-state index is 11.4. The fraction of sp³-hybridized carbons (Fsp3) is 0.909. The van der Waals surface area contributed by atoms with Crippen molar-refractivity contribution < 1.29 is 9.90 Å². The first-order chi connectivity index (χ1) is 8.19. The molecule has 99 valence electrons. The molecule has 1 aliphatic heterocycles. The molecule has 0 aliphatic carbocycles. The summed E-state index contributed by atoms with van der Waals surface area (Å²) in [5.74, 6) is 0. The lowest BCUT2D eigenvalue weighted by Crippen LogP contribution is -2.31. The SMILES string of the molecule is CCCCC(CCN1CCNC1=O)[Si](Br)CO. The van der Waals surface area contributed by atoms with E-state index in [0.717, 1.165) is 32.5 Å². The van der Waals surface area contributed by atoms with Gasteiger partial charge >= 0.3 is 6.03 Å². The van der Waals surface area contributed by atoms with Crippen LogP contribution in [-0.4, -0.2) is 49.3 Å². The molecule has 1 unspecified atom stereocenters. The molecule has 1 fully saturated rings. The van der Waals surface area contributed by atoms with Crippen LogP contribution in [0.4, 0.5) is 4.79 Å². The highest BCUT2D eigenvalue weighted by molar-refractivity contribution is 9.24. The van der Waals surface area contributed by atoms with Crippen molar-refractivity contribution in [2.24, 2.45) is 0 Å². The van der Waals surface area contributed by atoms with Gasteiger partial charge in [0.2, 0.25) is 0 Å². The van der Waals surface area contributed by atoms with Gasteiger partial charge in [0, 0.05) is 25.9 Å². The van der Waals surface area contributed by atoms with E-state index in [-0.39, 0.29) is 12.3 Å². The van der Waals surface area contributed by atoms with Gasteiger partial charge in [-0.15, -0.1) is 15.3 Å². The summed E-state index contributed by atoms with van der Waals surface area (Å²) >= 11 is 3.63. The second kappa shape index (κ2) is 8.10. The molecular formula is C11H22BrN2O2Si. The third-order valence-electron chi connectivity index (χ3n) is 3.19. The van der Waals surface area contributed by atoms with Crippen molar-refractivity contribution in [1.29, 1.82) is 0 Å². The quantitative estimate of drug-likeness (QED) is 0.530. The highest BCUT2D eigenvalue weighted by atomic mass is 79.9. The van der Waals surface area contributed by atoms with Crippen LogP contribution >= 0.6 is 15.3 Å². The summed E-state index contributed by atoms with van der Waals surface area (Å²) < 4.78 is 0. The standard InChI is InChI=1S/C11H22BrN2O2Si/c1-2-3-4-10(17(12)9-15)5-7-14-8-6-13-11(14)16/h10,15H,2-9H2,1H3,(H,13,16). The second-order valence-corrected chi connectivity index (χ2v) is 9.53. The lowest BCUT2D eigenvalue weighted by Gasteiger charge is -2.22. The predicted molar refractivity (Wildman–Crippen MR) is 74.6 cm³/mol. The Morgan fingerprint density at radius 3 is 2.88 bits per heavy atom. The number of amides is 2. The summed E-state index contributed by atoms with van der Waals surface area (Å²) in [7, 11) is -0.839. The van der Waals surface area contributed by atoms with Crippen molar-refractivity contribution in [3.05, 3.63) is 0 Å². The van der Waals surface area contributed by atoms with E-state index < -0.39 is 7.42 Å². The zero-order chi connectivity index (χ0) is 12.7. The fourth-order valence-electron chi connectivity index (χ4n) is 2.07. The van der Waals surface area contributed by atoms with Crippen molar-refractivity contribution in [3.8, 4) is 0 Å². The van der Waals surface area contributed by atoms with Crippen molar-refractivity contribution in [3.63, 3.8) is 0 Å². The smallest absolute Gasteiger partial charge is 0.317 e. The zero-order valence-electron chi connectivity index (χ0n) is 10.4. The maximum atomic E-state index is 11.4. The first kappa shape index (κ1) is 15.0. The molecule has 1 heterocycles. The Morgan fingerprint density at radius 2 is 2.35 bits per heavy atom. The first-order valence-electron chi connectivity index (χ1n) is 6.33. The van der Waals surface area contributed by atoms with Gasteiger partial charge in [-0.3, -0.25) is 0 Å². The number of nitrogens with one attached hydrogen (secondary N) is 1. The Hall–Kier alpha value is -0.0731. The number of nitrogens with zero attached hydrogens (tertiary/aromatic N) is 1. The third kappa shape index (κ3) is 4.97. The number of hydrogen-bond acceptors (Lipinski definition) is 2. The van der Waals surface area contributed by atoms with Crippen molar-refractivity contribution in [2.75, 3.05) is 25.9 Å². The van der Waals surface area contributed by atoms with Crippen LogP contribution in [0.15, 0.2) is 0 Å². The second-order valence-electron chi connectivity index (χ2n) is 4.45. The molecular weight excluding hydrogens is 300 g/mol. The van der Waals surface area contributed by atoms with Crippen LogP contribution in [0.2, 0.25) is 5.54 Å². The topological polar surface area (TPSA) is 52.6 Å². The van der Waals surface area contributed by atoms with Crippen LogP contribution in [0, 0.1) is 0 Å².